The molecule has 0 bridgehead atoms. The van der Waals surface area contributed by atoms with Crippen LogP contribution in [0.25, 0.3) is 5.57 Å². The number of ether oxygens (including phenoxy) is 1. The van der Waals surface area contributed by atoms with E-state index in [9.17, 15) is 5.26 Å². The number of aryl methyl sites for hydroxylation is 1. The maximum Gasteiger partial charge on any atom is 0.0998 e. The number of nitriles is 1. The highest BCUT2D eigenvalue weighted by Gasteiger charge is 2.20. The van der Waals surface area contributed by atoms with Crippen molar-refractivity contribution in [3.8, 4) is 6.07 Å². The number of hydrogen-bond donors (Lipinski definition) is 1. The van der Waals surface area contributed by atoms with Crippen LogP contribution >= 0.6 is 0 Å². The van der Waals surface area contributed by atoms with Crippen molar-refractivity contribution in [1.29, 1.82) is 10.7 Å². The van der Waals surface area contributed by atoms with E-state index in [4.69, 9.17) is 10.1 Å². The van der Waals surface area contributed by atoms with Crippen molar-refractivity contribution in [3.63, 3.8) is 0 Å². The van der Waals surface area contributed by atoms with Crippen LogP contribution in [0, 0.1) is 29.6 Å². The predicted octanol–water partition coefficient (Wildman–Crippen LogP) is 8.90. The molecule has 3 rings (SSSR count). The van der Waals surface area contributed by atoms with Crippen molar-refractivity contribution in [1.82, 2.24) is 9.88 Å². The first kappa shape index (κ1) is 31.5. The highest BCUT2D eigenvalue weighted by atomic mass is 16.5. The molecule has 2 heterocycles. The number of hydrogen-bond acceptors (Lipinski definition) is 5. The smallest absolute Gasteiger partial charge is 0.0998 e. The maximum absolute atomic E-state index is 9.90. The zero-order valence-electron chi connectivity index (χ0n) is 25.4. The molecule has 0 aliphatic carbocycles. The zero-order chi connectivity index (χ0) is 29.8. The van der Waals surface area contributed by atoms with Crippen LogP contribution in [0.15, 0.2) is 96.1 Å². The fourth-order valence-electron chi connectivity index (χ4n) is 4.94. The van der Waals surface area contributed by atoms with Gasteiger partial charge >= 0.3 is 0 Å². The standard InChI is InChI=1S/C36H44N4O/c1-7-12-33-22-35(34-16-10-9-15-31(34)23-37)32(25-40(33)24-26(3)13-11-14-28(5)41-6)18-17-29(8-2)36(38)30-19-20-39-27(4)21-30/h9-10,12,15-22,24-25,28-29,38H,7-8,11,13-14H2,1-6H3/b18-17+,26-24+,33-12-,38-36?. The van der Waals surface area contributed by atoms with E-state index < -0.39 is 0 Å². The van der Waals surface area contributed by atoms with Crippen LogP contribution in [0.2, 0.25) is 0 Å². The SMILES string of the molecule is CC/C=C1/C=C(c2ccccc2C#N)C(/C=C/C(CC)C(=N)c2ccnc(C)c2)=CN1/C=C(\C)CCCC(C)OC. The Kier molecular flexibility index (Phi) is 12.1. The molecule has 0 spiro atoms. The minimum atomic E-state index is -0.0498. The van der Waals surface area contributed by atoms with Crippen molar-refractivity contribution in [2.45, 2.75) is 72.8 Å². The highest BCUT2D eigenvalue weighted by Crippen LogP contribution is 2.35. The zero-order valence-corrected chi connectivity index (χ0v) is 25.4. The molecule has 1 aromatic heterocycles. The van der Waals surface area contributed by atoms with Gasteiger partial charge in [-0.3, -0.25) is 4.98 Å². The Bertz CT molecular complexity index is 1400. The van der Waals surface area contributed by atoms with Gasteiger partial charge in [-0.05, 0) is 93.9 Å². The van der Waals surface area contributed by atoms with Gasteiger partial charge in [-0.25, -0.2) is 0 Å². The van der Waals surface area contributed by atoms with Crippen LogP contribution in [0.1, 0.15) is 82.2 Å². The Morgan fingerprint density at radius 2 is 2.00 bits per heavy atom. The molecule has 1 N–H and O–H groups in total. The number of methoxy groups -OCH3 is 1. The summed E-state index contributed by atoms with van der Waals surface area (Å²) in [6.07, 6.45) is 19.9. The number of nitrogens with one attached hydrogen (secondary N) is 1. The quantitative estimate of drug-likeness (QED) is 0.254. The lowest BCUT2D eigenvalue weighted by molar-refractivity contribution is 0.109. The van der Waals surface area contributed by atoms with E-state index in [0.717, 1.165) is 65.8 Å². The summed E-state index contributed by atoms with van der Waals surface area (Å²) in [5.41, 5.74) is 8.35. The van der Waals surface area contributed by atoms with Gasteiger partial charge in [0, 0.05) is 54.3 Å². The molecule has 1 aromatic carbocycles. The monoisotopic (exact) mass is 548 g/mol. The summed E-state index contributed by atoms with van der Waals surface area (Å²) in [4.78, 5) is 6.50. The first-order valence-electron chi connectivity index (χ1n) is 14.6. The number of aromatic nitrogens is 1. The topological polar surface area (TPSA) is 73.0 Å². The number of rotatable bonds is 13. The molecule has 0 radical (unpaired) electrons. The second-order valence-electron chi connectivity index (χ2n) is 10.6. The summed E-state index contributed by atoms with van der Waals surface area (Å²) in [7, 11) is 1.76. The van der Waals surface area contributed by atoms with Gasteiger partial charge in [-0.1, -0.05) is 55.8 Å². The average molecular weight is 549 g/mol. The largest absolute Gasteiger partial charge is 0.382 e. The molecule has 0 saturated carbocycles. The second-order valence-corrected chi connectivity index (χ2v) is 10.6. The highest BCUT2D eigenvalue weighted by molar-refractivity contribution is 6.01. The van der Waals surface area contributed by atoms with Gasteiger partial charge < -0.3 is 15.0 Å². The van der Waals surface area contributed by atoms with Crippen LogP contribution in [0.4, 0.5) is 0 Å². The van der Waals surface area contributed by atoms with Crippen molar-refractivity contribution in [3.05, 3.63) is 119 Å². The van der Waals surface area contributed by atoms with E-state index in [2.05, 4.69) is 80.4 Å². The molecular formula is C36H44N4O. The summed E-state index contributed by atoms with van der Waals surface area (Å²) in [6.45, 7) is 10.5. The third-order valence-corrected chi connectivity index (χ3v) is 7.40. The second kappa shape index (κ2) is 15.7. The van der Waals surface area contributed by atoms with E-state index in [1.54, 1.807) is 13.3 Å². The number of benzene rings is 1. The molecule has 0 saturated heterocycles. The van der Waals surface area contributed by atoms with Gasteiger partial charge in [0.15, 0.2) is 0 Å². The molecule has 214 valence electrons. The fourth-order valence-corrected chi connectivity index (χ4v) is 4.94. The Morgan fingerprint density at radius 1 is 1.22 bits per heavy atom. The summed E-state index contributed by atoms with van der Waals surface area (Å²) < 4.78 is 5.42. The molecule has 1 aliphatic rings. The lowest BCUT2D eigenvalue weighted by Gasteiger charge is -2.27. The molecule has 2 unspecified atom stereocenters. The summed E-state index contributed by atoms with van der Waals surface area (Å²) in [5.74, 6) is -0.0498. The molecule has 41 heavy (non-hydrogen) atoms. The van der Waals surface area contributed by atoms with Crippen molar-refractivity contribution in [2.24, 2.45) is 5.92 Å². The average Bonchev–Trinajstić information content (AvgIpc) is 2.98. The molecule has 2 aromatic rings. The Balaban J connectivity index is 2.03. The first-order valence-corrected chi connectivity index (χ1v) is 14.6. The van der Waals surface area contributed by atoms with Gasteiger partial charge in [-0.2, -0.15) is 5.26 Å². The number of nitrogens with zero attached hydrogens (tertiary/aromatic N) is 3. The van der Waals surface area contributed by atoms with Crippen LogP contribution in [-0.4, -0.2) is 28.8 Å². The molecule has 5 heteroatoms. The number of allylic oxidation sites excluding steroid dienone is 7. The van der Waals surface area contributed by atoms with E-state index >= 15 is 0 Å². The Morgan fingerprint density at radius 3 is 2.68 bits per heavy atom. The van der Waals surface area contributed by atoms with Gasteiger partial charge in [0.1, 0.15) is 0 Å². The molecule has 5 nitrogen and oxygen atoms in total. The third kappa shape index (κ3) is 8.74. The van der Waals surface area contributed by atoms with Crippen molar-refractivity contribution < 1.29 is 4.74 Å². The predicted molar refractivity (Wildman–Crippen MR) is 170 cm³/mol. The van der Waals surface area contributed by atoms with E-state index in [-0.39, 0.29) is 12.0 Å². The van der Waals surface area contributed by atoms with Gasteiger partial charge in [0.25, 0.3) is 0 Å². The molecule has 0 fully saturated rings. The van der Waals surface area contributed by atoms with Crippen LogP contribution < -0.4 is 0 Å². The fraction of sp³-hybridized carbons (Fsp3) is 0.361. The van der Waals surface area contributed by atoms with Gasteiger partial charge in [-0.15, -0.1) is 0 Å². The van der Waals surface area contributed by atoms with Gasteiger partial charge in [0.2, 0.25) is 0 Å². The lowest BCUT2D eigenvalue weighted by atomic mass is 9.89. The summed E-state index contributed by atoms with van der Waals surface area (Å²) >= 11 is 0. The van der Waals surface area contributed by atoms with E-state index in [1.807, 2.05) is 43.3 Å². The van der Waals surface area contributed by atoms with Crippen LogP contribution in [0.3, 0.4) is 0 Å². The number of pyridine rings is 1. The minimum absolute atomic E-state index is 0.0498. The van der Waals surface area contributed by atoms with E-state index in [1.165, 1.54) is 5.57 Å². The molecule has 1 aliphatic heterocycles. The molecular weight excluding hydrogens is 504 g/mol. The van der Waals surface area contributed by atoms with Crippen molar-refractivity contribution >= 4 is 11.3 Å². The van der Waals surface area contributed by atoms with Gasteiger partial charge in [0.05, 0.1) is 17.7 Å². The van der Waals surface area contributed by atoms with E-state index in [0.29, 0.717) is 11.3 Å². The summed E-state index contributed by atoms with van der Waals surface area (Å²) in [6, 6.07) is 14.0. The van der Waals surface area contributed by atoms with Crippen LogP contribution in [0.5, 0.6) is 0 Å². The maximum atomic E-state index is 9.90. The lowest BCUT2D eigenvalue weighted by Crippen LogP contribution is -2.16. The Labute approximate surface area is 246 Å². The van der Waals surface area contributed by atoms with Crippen molar-refractivity contribution in [2.75, 3.05) is 7.11 Å². The molecule has 0 amide bonds. The Hall–Kier alpha value is -4.01. The third-order valence-electron chi connectivity index (χ3n) is 7.40. The first-order chi connectivity index (χ1) is 19.8. The summed E-state index contributed by atoms with van der Waals surface area (Å²) in [5, 5.41) is 18.8. The molecule has 2 atom stereocenters. The normalized spacial score (nSPS) is 16.4. The van der Waals surface area contributed by atoms with Crippen LogP contribution in [-0.2, 0) is 4.74 Å². The minimum Gasteiger partial charge on any atom is -0.382 e.